The first kappa shape index (κ1) is 19.9. The molecule has 0 aliphatic carbocycles. The highest BCUT2D eigenvalue weighted by Gasteiger charge is 2.32. The number of rotatable bonds is 5. The predicted octanol–water partition coefficient (Wildman–Crippen LogP) is 5.78. The Hall–Kier alpha value is -4.00. The second-order valence-electron chi connectivity index (χ2n) is 7.75. The molecule has 7 heteroatoms. The molecule has 0 unspecified atom stereocenters. The molecule has 4 aromatic rings. The van der Waals surface area contributed by atoms with Gasteiger partial charge in [0.25, 0.3) is 0 Å². The molecule has 0 bridgehead atoms. The number of nitro groups is 1. The lowest BCUT2D eigenvalue weighted by Gasteiger charge is -2.31. The summed E-state index contributed by atoms with van der Waals surface area (Å²) >= 11 is 0. The number of benzene rings is 3. The third-order valence-electron chi connectivity index (χ3n) is 5.96. The van der Waals surface area contributed by atoms with Crippen molar-refractivity contribution in [2.24, 2.45) is 0 Å². The Bertz CT molecular complexity index is 1300. The van der Waals surface area contributed by atoms with Gasteiger partial charge in [0.15, 0.2) is 0 Å². The first-order valence-electron chi connectivity index (χ1n) is 10.8. The van der Waals surface area contributed by atoms with Crippen molar-refractivity contribution in [2.75, 3.05) is 22.9 Å². The van der Waals surface area contributed by atoms with Crippen LogP contribution in [0.1, 0.15) is 18.9 Å². The van der Waals surface area contributed by atoms with E-state index in [2.05, 4.69) is 16.0 Å². The van der Waals surface area contributed by atoms with Crippen LogP contribution in [0.5, 0.6) is 0 Å². The van der Waals surface area contributed by atoms with E-state index in [1.54, 1.807) is 0 Å². The Morgan fingerprint density at radius 1 is 1.03 bits per heavy atom. The van der Waals surface area contributed by atoms with Crippen molar-refractivity contribution in [1.29, 1.82) is 0 Å². The maximum Gasteiger partial charge on any atom is 0.354 e. The van der Waals surface area contributed by atoms with Gasteiger partial charge in [0.1, 0.15) is 6.33 Å². The minimum Gasteiger partial charge on any atom is -0.320 e. The van der Waals surface area contributed by atoms with E-state index >= 15 is 0 Å². The first-order chi connectivity index (χ1) is 15.7. The molecule has 1 aliphatic heterocycles. The molecule has 2 heterocycles. The standard InChI is InChI=1S/C25H23N5O2/c1-2-28(22-15-7-11-18-9-3-5-13-20(18)22)24-23(30(31)32)25(27-17-26-24)29-16-8-12-19-10-4-6-14-21(19)29/h3-7,9-11,13-15,17H,2,8,12,16H2,1H3. The molecule has 5 rings (SSSR count). The second kappa shape index (κ2) is 8.26. The van der Waals surface area contributed by atoms with Gasteiger partial charge in [0.2, 0.25) is 11.6 Å². The van der Waals surface area contributed by atoms with Gasteiger partial charge in [-0.3, -0.25) is 10.1 Å². The lowest BCUT2D eigenvalue weighted by molar-refractivity contribution is -0.383. The van der Waals surface area contributed by atoms with E-state index in [1.807, 2.05) is 77.4 Å². The van der Waals surface area contributed by atoms with Crippen molar-refractivity contribution in [3.8, 4) is 0 Å². The monoisotopic (exact) mass is 425 g/mol. The Balaban J connectivity index is 1.70. The van der Waals surface area contributed by atoms with Crippen LogP contribution in [0.3, 0.4) is 0 Å². The van der Waals surface area contributed by atoms with Gasteiger partial charge in [-0.1, -0.05) is 54.6 Å². The minimum absolute atomic E-state index is 0.0704. The van der Waals surface area contributed by atoms with E-state index in [0.29, 0.717) is 24.7 Å². The van der Waals surface area contributed by atoms with Crippen LogP contribution < -0.4 is 9.80 Å². The van der Waals surface area contributed by atoms with Crippen LogP contribution in [-0.4, -0.2) is 28.0 Å². The number of hydrogen-bond donors (Lipinski definition) is 0. The predicted molar refractivity (Wildman–Crippen MR) is 127 cm³/mol. The van der Waals surface area contributed by atoms with Gasteiger partial charge in [0.05, 0.1) is 10.6 Å². The van der Waals surface area contributed by atoms with E-state index in [1.165, 1.54) is 11.9 Å². The number of hydrogen-bond acceptors (Lipinski definition) is 6. The van der Waals surface area contributed by atoms with Gasteiger partial charge in [-0.05, 0) is 42.8 Å². The fourth-order valence-electron chi connectivity index (χ4n) is 4.55. The van der Waals surface area contributed by atoms with E-state index in [0.717, 1.165) is 35.0 Å². The average molecular weight is 425 g/mol. The molecule has 0 saturated carbocycles. The molecular formula is C25H23N5O2. The smallest absolute Gasteiger partial charge is 0.320 e. The molecular weight excluding hydrogens is 402 g/mol. The highest BCUT2D eigenvalue weighted by atomic mass is 16.6. The zero-order valence-corrected chi connectivity index (χ0v) is 17.8. The number of nitrogens with zero attached hydrogens (tertiary/aromatic N) is 5. The summed E-state index contributed by atoms with van der Waals surface area (Å²) in [5.41, 5.74) is 2.96. The maximum atomic E-state index is 12.4. The molecule has 0 amide bonds. The number of para-hydroxylation sites is 1. The summed E-state index contributed by atoms with van der Waals surface area (Å²) in [6, 6.07) is 22.1. The summed E-state index contributed by atoms with van der Waals surface area (Å²) in [6.07, 6.45) is 3.30. The third-order valence-corrected chi connectivity index (χ3v) is 5.96. The lowest BCUT2D eigenvalue weighted by Crippen LogP contribution is -2.27. The van der Waals surface area contributed by atoms with E-state index in [9.17, 15) is 10.1 Å². The van der Waals surface area contributed by atoms with E-state index < -0.39 is 0 Å². The van der Waals surface area contributed by atoms with E-state index in [4.69, 9.17) is 0 Å². The molecule has 3 aromatic carbocycles. The molecule has 7 nitrogen and oxygen atoms in total. The van der Waals surface area contributed by atoms with Crippen molar-refractivity contribution in [3.05, 3.63) is 88.7 Å². The van der Waals surface area contributed by atoms with Gasteiger partial charge >= 0.3 is 5.69 Å². The largest absolute Gasteiger partial charge is 0.354 e. The van der Waals surface area contributed by atoms with Crippen LogP contribution in [0.15, 0.2) is 73.1 Å². The minimum atomic E-state index is -0.352. The summed E-state index contributed by atoms with van der Waals surface area (Å²) in [7, 11) is 0. The lowest BCUT2D eigenvalue weighted by atomic mass is 10.0. The molecule has 0 fully saturated rings. The van der Waals surface area contributed by atoms with Crippen LogP contribution in [0.25, 0.3) is 10.8 Å². The molecule has 0 atom stereocenters. The van der Waals surface area contributed by atoms with Crippen LogP contribution >= 0.6 is 0 Å². The van der Waals surface area contributed by atoms with Gasteiger partial charge in [-0.15, -0.1) is 0 Å². The zero-order valence-electron chi connectivity index (χ0n) is 17.8. The Kier molecular flexibility index (Phi) is 5.15. The number of fused-ring (bicyclic) bond motifs is 2. The average Bonchev–Trinajstić information content (AvgIpc) is 2.84. The zero-order chi connectivity index (χ0) is 22.1. The number of anilines is 4. The fourth-order valence-corrected chi connectivity index (χ4v) is 4.55. The summed E-state index contributed by atoms with van der Waals surface area (Å²) in [6.45, 7) is 3.18. The van der Waals surface area contributed by atoms with Crippen LogP contribution in [0.2, 0.25) is 0 Å². The van der Waals surface area contributed by atoms with Crippen molar-refractivity contribution < 1.29 is 4.92 Å². The Morgan fingerprint density at radius 3 is 2.66 bits per heavy atom. The number of aryl methyl sites for hydroxylation is 1. The Morgan fingerprint density at radius 2 is 1.81 bits per heavy atom. The third kappa shape index (κ3) is 3.32. The maximum absolute atomic E-state index is 12.4. The second-order valence-corrected chi connectivity index (χ2v) is 7.75. The molecule has 1 aliphatic rings. The summed E-state index contributed by atoms with van der Waals surface area (Å²) < 4.78 is 0. The van der Waals surface area contributed by atoms with Crippen molar-refractivity contribution in [3.63, 3.8) is 0 Å². The van der Waals surface area contributed by atoms with Gasteiger partial charge in [-0.25, -0.2) is 9.97 Å². The summed E-state index contributed by atoms with van der Waals surface area (Å²) in [5, 5.41) is 14.5. The molecule has 1 aromatic heterocycles. The highest BCUT2D eigenvalue weighted by molar-refractivity contribution is 5.97. The normalized spacial score (nSPS) is 13.1. The fraction of sp³-hybridized carbons (Fsp3) is 0.200. The molecule has 160 valence electrons. The van der Waals surface area contributed by atoms with Crippen molar-refractivity contribution in [2.45, 2.75) is 19.8 Å². The van der Waals surface area contributed by atoms with Gasteiger partial charge in [-0.2, -0.15) is 0 Å². The molecule has 32 heavy (non-hydrogen) atoms. The summed E-state index contributed by atoms with van der Waals surface area (Å²) in [5.74, 6) is 0.646. The molecule has 0 spiro atoms. The number of aromatic nitrogens is 2. The molecule has 0 saturated heterocycles. The summed E-state index contributed by atoms with van der Waals surface area (Å²) in [4.78, 5) is 24.7. The van der Waals surface area contributed by atoms with Crippen molar-refractivity contribution >= 4 is 39.5 Å². The van der Waals surface area contributed by atoms with Gasteiger partial charge in [0, 0.05) is 24.2 Å². The van der Waals surface area contributed by atoms with E-state index in [-0.39, 0.29) is 10.6 Å². The molecule has 0 radical (unpaired) electrons. The first-order valence-corrected chi connectivity index (χ1v) is 10.8. The van der Waals surface area contributed by atoms with Crippen LogP contribution in [-0.2, 0) is 6.42 Å². The van der Waals surface area contributed by atoms with Crippen LogP contribution in [0, 0.1) is 10.1 Å². The van der Waals surface area contributed by atoms with Crippen LogP contribution in [0.4, 0.5) is 28.7 Å². The Labute approximate surface area is 186 Å². The van der Waals surface area contributed by atoms with Crippen molar-refractivity contribution in [1.82, 2.24) is 9.97 Å². The quantitative estimate of drug-likeness (QED) is 0.298. The SMILES string of the molecule is CCN(c1ncnc(N2CCCc3ccccc32)c1[N+](=O)[O-])c1cccc2ccccc12. The highest BCUT2D eigenvalue weighted by Crippen LogP contribution is 2.43. The van der Waals surface area contributed by atoms with Gasteiger partial charge < -0.3 is 9.80 Å². The topological polar surface area (TPSA) is 75.4 Å². The molecule has 0 N–H and O–H groups in total.